The SMILES string of the molecule is CCc1ccc(NC(=O)CSC2=NC(c3cccs3)=NC3=[N+](C)C(=O)N(C)C(=O)C23)cc1. The number of benzene rings is 1. The molecule has 3 heterocycles. The summed E-state index contributed by atoms with van der Waals surface area (Å²) in [5, 5.41) is 5.23. The van der Waals surface area contributed by atoms with Crippen molar-refractivity contribution < 1.29 is 19.0 Å². The van der Waals surface area contributed by atoms with Crippen molar-refractivity contribution in [2.45, 2.75) is 13.3 Å². The van der Waals surface area contributed by atoms with Crippen molar-refractivity contribution in [2.24, 2.45) is 15.9 Å². The number of nitrogens with zero attached hydrogens (tertiary/aromatic N) is 4. The summed E-state index contributed by atoms with van der Waals surface area (Å²) in [7, 11) is 3.02. The van der Waals surface area contributed by atoms with E-state index in [1.54, 1.807) is 7.05 Å². The van der Waals surface area contributed by atoms with Crippen LogP contribution in [0, 0.1) is 5.92 Å². The van der Waals surface area contributed by atoms with Crippen LogP contribution in [0.2, 0.25) is 0 Å². The first-order valence-electron chi connectivity index (χ1n) is 10.0. The molecule has 0 saturated carbocycles. The molecule has 0 aliphatic carbocycles. The quantitative estimate of drug-likeness (QED) is 0.683. The highest BCUT2D eigenvalue weighted by Gasteiger charge is 2.49. The zero-order chi connectivity index (χ0) is 22.8. The summed E-state index contributed by atoms with van der Waals surface area (Å²) in [4.78, 5) is 48.9. The number of carbonyl (C=O) groups is 3. The molecule has 2 aliphatic rings. The van der Waals surface area contributed by atoms with Crippen LogP contribution in [-0.4, -0.2) is 63.9 Å². The maximum absolute atomic E-state index is 12.9. The van der Waals surface area contributed by atoms with E-state index in [4.69, 9.17) is 0 Å². The minimum atomic E-state index is -0.812. The highest BCUT2D eigenvalue weighted by atomic mass is 32.2. The molecular formula is C22H22N5O3S2+. The zero-order valence-electron chi connectivity index (χ0n) is 17.9. The summed E-state index contributed by atoms with van der Waals surface area (Å²) < 4.78 is 1.37. The number of rotatable bonds is 5. The van der Waals surface area contributed by atoms with Gasteiger partial charge in [-0.25, -0.2) is 9.79 Å². The first kappa shape index (κ1) is 22.1. The number of thiophene rings is 1. The largest absolute Gasteiger partial charge is 0.445 e. The van der Waals surface area contributed by atoms with Crippen molar-refractivity contribution in [1.29, 1.82) is 0 Å². The number of hydrogen-bond acceptors (Lipinski definition) is 7. The molecule has 32 heavy (non-hydrogen) atoms. The number of amidine groups is 2. The molecule has 0 bridgehead atoms. The number of hydrogen-bond donors (Lipinski definition) is 1. The Hall–Kier alpha value is -3.11. The van der Waals surface area contributed by atoms with Crippen LogP contribution in [0.4, 0.5) is 10.5 Å². The Balaban J connectivity index is 1.58. The Morgan fingerprint density at radius 1 is 1.22 bits per heavy atom. The van der Waals surface area contributed by atoms with Gasteiger partial charge in [0.2, 0.25) is 11.7 Å². The normalized spacial score (nSPS) is 18.3. The molecule has 1 aromatic heterocycles. The van der Waals surface area contributed by atoms with Gasteiger partial charge in [-0.05, 0) is 35.6 Å². The molecule has 0 radical (unpaired) electrons. The van der Waals surface area contributed by atoms with Crippen molar-refractivity contribution in [3.05, 3.63) is 52.2 Å². The second-order valence-corrected chi connectivity index (χ2v) is 9.22. The van der Waals surface area contributed by atoms with Gasteiger partial charge < -0.3 is 5.32 Å². The van der Waals surface area contributed by atoms with Gasteiger partial charge in [-0.15, -0.1) is 11.3 Å². The number of carbonyl (C=O) groups excluding carboxylic acids is 3. The van der Waals surface area contributed by atoms with Crippen LogP contribution < -0.4 is 5.32 Å². The molecule has 0 fully saturated rings. The van der Waals surface area contributed by atoms with E-state index in [9.17, 15) is 14.4 Å². The van der Waals surface area contributed by atoms with E-state index in [1.165, 1.54) is 40.3 Å². The maximum Gasteiger partial charge on any atom is 0.445 e. The standard InChI is InChI=1S/C22H21N5O3S2/c1-4-13-7-9-14(10-8-13)23-16(28)12-32-20-17-19(26(2)22(30)27(3)21(17)29)24-18(25-20)15-6-5-11-31-15/h5-11,17H,4,12H2,1-3H3/p+1. The van der Waals surface area contributed by atoms with Crippen molar-refractivity contribution in [3.8, 4) is 0 Å². The maximum atomic E-state index is 12.9. The van der Waals surface area contributed by atoms with Crippen LogP contribution in [0.3, 0.4) is 0 Å². The molecule has 10 heteroatoms. The number of anilines is 1. The summed E-state index contributed by atoms with van der Waals surface area (Å²) >= 11 is 2.65. The second-order valence-electron chi connectivity index (χ2n) is 7.28. The van der Waals surface area contributed by atoms with Gasteiger partial charge in [0.25, 0.3) is 5.84 Å². The highest BCUT2D eigenvalue weighted by Crippen LogP contribution is 2.27. The number of aryl methyl sites for hydroxylation is 1. The van der Waals surface area contributed by atoms with Gasteiger partial charge >= 0.3 is 11.9 Å². The average molecular weight is 469 g/mol. The summed E-state index contributed by atoms with van der Waals surface area (Å²) in [6.45, 7) is 2.07. The molecule has 2 aromatic rings. The van der Waals surface area contributed by atoms with E-state index >= 15 is 0 Å². The summed E-state index contributed by atoms with van der Waals surface area (Å²) in [5.74, 6) is -0.586. The Bertz CT molecular complexity index is 1170. The molecule has 2 aliphatic heterocycles. The van der Waals surface area contributed by atoms with Crippen molar-refractivity contribution in [1.82, 2.24) is 4.90 Å². The van der Waals surface area contributed by atoms with Gasteiger partial charge in [-0.3, -0.25) is 9.59 Å². The first-order chi connectivity index (χ1) is 15.4. The number of aliphatic imine (C=N–C) groups is 2. The highest BCUT2D eigenvalue weighted by molar-refractivity contribution is 8.14. The van der Waals surface area contributed by atoms with Gasteiger partial charge in [-0.2, -0.15) is 9.48 Å². The van der Waals surface area contributed by atoms with Crippen molar-refractivity contribution in [3.63, 3.8) is 0 Å². The molecule has 1 unspecified atom stereocenters. The monoisotopic (exact) mass is 468 g/mol. The van der Waals surface area contributed by atoms with E-state index in [0.717, 1.165) is 16.2 Å². The molecule has 8 nitrogen and oxygen atoms in total. The predicted octanol–water partition coefficient (Wildman–Crippen LogP) is 3.09. The lowest BCUT2D eigenvalue weighted by Gasteiger charge is -2.26. The van der Waals surface area contributed by atoms with Crippen LogP contribution in [0.25, 0.3) is 0 Å². The molecule has 1 atom stereocenters. The molecule has 4 amide bonds. The smallest absolute Gasteiger partial charge is 0.325 e. The van der Waals surface area contributed by atoms with Crippen LogP contribution in [0.1, 0.15) is 17.4 Å². The number of amides is 4. The topological polar surface area (TPSA) is 94.2 Å². The molecule has 0 spiro atoms. The van der Waals surface area contributed by atoms with E-state index in [-0.39, 0.29) is 11.7 Å². The lowest BCUT2D eigenvalue weighted by Crippen LogP contribution is -2.54. The Morgan fingerprint density at radius 3 is 2.62 bits per heavy atom. The summed E-state index contributed by atoms with van der Waals surface area (Å²) in [6.07, 6.45) is 0.928. The molecule has 1 aromatic carbocycles. The number of urea groups is 1. The third-order valence-electron chi connectivity index (χ3n) is 5.18. The van der Waals surface area contributed by atoms with Gasteiger partial charge in [0, 0.05) is 5.69 Å². The third kappa shape index (κ3) is 4.28. The van der Waals surface area contributed by atoms with E-state index in [2.05, 4.69) is 22.2 Å². The summed E-state index contributed by atoms with van der Waals surface area (Å²) in [6, 6.07) is 11.0. The van der Waals surface area contributed by atoms with Gasteiger partial charge in [0.05, 0.1) is 24.7 Å². The fraction of sp³-hybridized carbons (Fsp3) is 0.273. The number of nitrogens with one attached hydrogen (secondary N) is 1. The third-order valence-corrected chi connectivity index (χ3v) is 7.07. The van der Waals surface area contributed by atoms with Crippen molar-refractivity contribution >= 4 is 63.3 Å². The predicted molar refractivity (Wildman–Crippen MR) is 128 cm³/mol. The van der Waals surface area contributed by atoms with Crippen LogP contribution in [0.15, 0.2) is 51.8 Å². The van der Waals surface area contributed by atoms with Crippen LogP contribution in [-0.2, 0) is 16.0 Å². The molecule has 4 rings (SSSR count). The molecule has 164 valence electrons. The average Bonchev–Trinajstić information content (AvgIpc) is 3.35. The van der Waals surface area contributed by atoms with Gasteiger partial charge in [-0.1, -0.05) is 41.9 Å². The second kappa shape index (κ2) is 9.17. The number of imide groups is 1. The van der Waals surface area contributed by atoms with Crippen LogP contribution in [0.5, 0.6) is 0 Å². The van der Waals surface area contributed by atoms with Gasteiger partial charge in [0.15, 0.2) is 5.92 Å². The number of fused-ring (bicyclic) bond motifs is 1. The molecule has 1 N–H and O–H groups in total. The van der Waals surface area contributed by atoms with Crippen molar-refractivity contribution in [2.75, 3.05) is 25.2 Å². The summed E-state index contributed by atoms with van der Waals surface area (Å²) in [5.41, 5.74) is 1.90. The minimum Gasteiger partial charge on any atom is -0.325 e. The lowest BCUT2D eigenvalue weighted by molar-refractivity contribution is -0.407. The fourth-order valence-corrected chi connectivity index (χ4v) is 4.90. The van der Waals surface area contributed by atoms with Crippen LogP contribution >= 0.6 is 23.1 Å². The minimum absolute atomic E-state index is 0.0739. The lowest BCUT2D eigenvalue weighted by atomic mass is 10.0. The van der Waals surface area contributed by atoms with E-state index in [0.29, 0.717) is 22.4 Å². The first-order valence-corrected chi connectivity index (χ1v) is 11.9. The van der Waals surface area contributed by atoms with Gasteiger partial charge in [0.1, 0.15) is 5.04 Å². The molecular weight excluding hydrogens is 446 g/mol. The van der Waals surface area contributed by atoms with E-state index < -0.39 is 17.9 Å². The van der Waals surface area contributed by atoms with E-state index in [1.807, 2.05) is 41.8 Å². The number of thioether (sulfide) groups is 1. The Morgan fingerprint density at radius 2 is 1.97 bits per heavy atom. The fourth-order valence-electron chi connectivity index (χ4n) is 3.36. The Labute approximate surface area is 193 Å². The molecule has 0 saturated heterocycles. The zero-order valence-corrected chi connectivity index (χ0v) is 19.5. The Kier molecular flexibility index (Phi) is 6.33.